The number of fused-ring (bicyclic) bond motifs is 1. The normalized spacial score (nSPS) is 18.0. The first-order valence-corrected chi connectivity index (χ1v) is 11.0. The Hall–Kier alpha value is -1.13. The molecule has 0 saturated carbocycles. The molecule has 152 valence electrons. The van der Waals surface area contributed by atoms with Crippen molar-refractivity contribution in [3.8, 4) is 0 Å². The molecule has 1 unspecified atom stereocenters. The summed E-state index contributed by atoms with van der Waals surface area (Å²) in [6, 6.07) is 8.43. The number of nitrogens with zero attached hydrogens (tertiary/aromatic N) is 2. The fraction of sp³-hybridized carbons (Fsp3) is 0.263. The van der Waals surface area contributed by atoms with Crippen LogP contribution in [0.15, 0.2) is 35.4 Å². The predicted molar refractivity (Wildman–Crippen MR) is 109 cm³/mol. The van der Waals surface area contributed by atoms with Gasteiger partial charge < -0.3 is 9.29 Å². The van der Waals surface area contributed by atoms with E-state index in [1.54, 1.807) is 35.3 Å². The van der Waals surface area contributed by atoms with Crippen molar-refractivity contribution >= 4 is 50.7 Å². The monoisotopic (exact) mass is 476 g/mol. The number of ether oxygens (including phenoxy) is 1. The van der Waals surface area contributed by atoms with E-state index >= 15 is 0 Å². The summed E-state index contributed by atoms with van der Waals surface area (Å²) in [6.45, 7) is 2.19. The molecule has 1 atom stereocenters. The molecule has 0 bridgehead atoms. The zero-order valence-corrected chi connectivity index (χ0v) is 20.5. The molecule has 0 amide bonds. The number of hydrogen-bond donors (Lipinski definition) is 0. The van der Waals surface area contributed by atoms with E-state index < -0.39 is 21.8 Å². The zero-order valence-electron chi connectivity index (χ0n) is 16.2. The fourth-order valence-electron chi connectivity index (χ4n) is 3.57. The number of carbonyl (C=O) groups is 1. The maximum absolute atomic E-state index is 11.7. The van der Waals surface area contributed by atoms with E-state index in [2.05, 4.69) is 5.10 Å². The number of carbonyl (C=O) groups excluding carboxylic acids is 1. The van der Waals surface area contributed by atoms with Crippen molar-refractivity contribution in [2.45, 2.75) is 13.5 Å². The Morgan fingerprint density at radius 2 is 1.90 bits per heavy atom. The van der Waals surface area contributed by atoms with Gasteiger partial charge in [-0.2, -0.15) is 5.10 Å². The van der Waals surface area contributed by atoms with Crippen LogP contribution in [-0.4, -0.2) is 36.9 Å². The van der Waals surface area contributed by atoms with E-state index in [-0.39, 0.29) is 48.7 Å². The molecule has 0 radical (unpaired) electrons. The van der Waals surface area contributed by atoms with Crippen LogP contribution in [0, 0.1) is 12.8 Å². The van der Waals surface area contributed by atoms with Crippen LogP contribution in [0.4, 0.5) is 5.69 Å². The number of anilines is 1. The summed E-state index contributed by atoms with van der Waals surface area (Å²) in [5.74, 6) is -1.60. The standard InChI is InChI=1S/C19H16Cl2N2O5S.Na/c1-10-4-16(20)17(21)6-15(10)18-12(9-29(25,26)27)7-23(22-18)13-2-3-14-11(5-13)8-28-19(14)24;/h2-6,12H,7-9H2,1H3,(H,25,26,27);/q;+1/p-1. The number of esters is 1. The third-order valence-electron chi connectivity index (χ3n) is 4.92. The first-order chi connectivity index (χ1) is 13.6. The summed E-state index contributed by atoms with van der Waals surface area (Å²) in [7, 11) is -4.48. The first kappa shape index (κ1) is 23.5. The zero-order chi connectivity index (χ0) is 20.9. The first-order valence-electron chi connectivity index (χ1n) is 8.68. The fourth-order valence-corrected chi connectivity index (χ4v) is 4.70. The van der Waals surface area contributed by atoms with Gasteiger partial charge in [0.05, 0.1) is 43.7 Å². The van der Waals surface area contributed by atoms with Crippen molar-refractivity contribution in [3.05, 3.63) is 62.6 Å². The molecule has 2 aromatic carbocycles. The molecule has 30 heavy (non-hydrogen) atoms. The van der Waals surface area contributed by atoms with Crippen molar-refractivity contribution in [1.82, 2.24) is 0 Å². The van der Waals surface area contributed by atoms with Gasteiger partial charge in [0.15, 0.2) is 0 Å². The second kappa shape index (κ2) is 8.78. The maximum atomic E-state index is 11.7. The molecule has 7 nitrogen and oxygen atoms in total. The summed E-state index contributed by atoms with van der Waals surface area (Å²) in [5.41, 5.74) is 3.75. The van der Waals surface area contributed by atoms with Crippen LogP contribution in [0.2, 0.25) is 10.0 Å². The minimum atomic E-state index is -4.48. The molecule has 0 N–H and O–H groups in total. The molecule has 2 aliphatic heterocycles. The van der Waals surface area contributed by atoms with E-state index in [0.29, 0.717) is 32.6 Å². The molecule has 0 aromatic heterocycles. The summed E-state index contributed by atoms with van der Waals surface area (Å²) < 4.78 is 39.4. The molecule has 11 heteroatoms. The molecule has 0 spiro atoms. The molecule has 0 aliphatic carbocycles. The third kappa shape index (κ3) is 4.70. The van der Waals surface area contributed by atoms with Crippen molar-refractivity contribution in [2.24, 2.45) is 11.0 Å². The van der Waals surface area contributed by atoms with Crippen molar-refractivity contribution < 1.29 is 52.1 Å². The number of rotatable bonds is 4. The average Bonchev–Trinajstić information content (AvgIpc) is 3.20. The topological polar surface area (TPSA) is 99.1 Å². The molecule has 0 fully saturated rings. The van der Waals surface area contributed by atoms with Crippen molar-refractivity contribution in [1.29, 1.82) is 0 Å². The molecule has 0 saturated heterocycles. The van der Waals surface area contributed by atoms with Crippen LogP contribution in [0.3, 0.4) is 0 Å². The Morgan fingerprint density at radius 3 is 2.60 bits per heavy atom. The van der Waals surface area contributed by atoms with Gasteiger partial charge in [-0.15, -0.1) is 0 Å². The molecule has 2 aliphatic rings. The van der Waals surface area contributed by atoms with E-state index in [0.717, 1.165) is 11.1 Å². The van der Waals surface area contributed by atoms with E-state index in [4.69, 9.17) is 27.9 Å². The Morgan fingerprint density at radius 1 is 1.20 bits per heavy atom. The number of aryl methyl sites for hydroxylation is 1. The van der Waals surface area contributed by atoms with Gasteiger partial charge in [-0.05, 0) is 42.8 Å². The number of benzene rings is 2. The van der Waals surface area contributed by atoms with E-state index in [1.807, 2.05) is 6.92 Å². The van der Waals surface area contributed by atoms with Crippen LogP contribution >= 0.6 is 23.2 Å². The smallest absolute Gasteiger partial charge is 0.748 e. The average molecular weight is 477 g/mol. The van der Waals surface area contributed by atoms with Crippen molar-refractivity contribution in [2.75, 3.05) is 17.3 Å². The Bertz CT molecular complexity index is 1170. The van der Waals surface area contributed by atoms with E-state index in [9.17, 15) is 17.8 Å². The SMILES string of the molecule is Cc1cc(Cl)c(Cl)cc1C1=NN(c2ccc3c(c2)COC3=O)CC1CS(=O)(=O)[O-].[Na+]. The number of hydrogen-bond acceptors (Lipinski definition) is 7. The van der Waals surface area contributed by atoms with Gasteiger partial charge in [-0.25, -0.2) is 13.2 Å². The summed E-state index contributed by atoms with van der Waals surface area (Å²) in [6.07, 6.45) is 0. The summed E-state index contributed by atoms with van der Waals surface area (Å²) in [5, 5.41) is 6.90. The Kier molecular flexibility index (Phi) is 6.89. The van der Waals surface area contributed by atoms with Crippen LogP contribution in [0.5, 0.6) is 0 Å². The molecule has 4 rings (SSSR count). The summed E-state index contributed by atoms with van der Waals surface area (Å²) >= 11 is 12.2. The van der Waals surface area contributed by atoms with Gasteiger partial charge in [0.25, 0.3) is 0 Å². The quantitative estimate of drug-likeness (QED) is 0.359. The Balaban J connectivity index is 0.00000256. The molecular formula is C19H15Cl2N2NaO5S. The Labute approximate surface area is 206 Å². The number of halogens is 2. The number of cyclic esters (lactones) is 1. The van der Waals surface area contributed by atoms with Gasteiger partial charge in [0, 0.05) is 22.8 Å². The number of hydrazone groups is 1. The third-order valence-corrected chi connectivity index (χ3v) is 6.46. The minimum absolute atomic E-state index is 0. The largest absolute Gasteiger partial charge is 1.00 e. The van der Waals surface area contributed by atoms with Gasteiger partial charge in [0.1, 0.15) is 6.61 Å². The van der Waals surface area contributed by atoms with Crippen molar-refractivity contribution in [3.63, 3.8) is 0 Å². The van der Waals surface area contributed by atoms with E-state index in [1.165, 1.54) is 0 Å². The van der Waals surface area contributed by atoms with Gasteiger partial charge in [0.2, 0.25) is 0 Å². The second-order valence-electron chi connectivity index (χ2n) is 6.99. The van der Waals surface area contributed by atoms with Gasteiger partial charge >= 0.3 is 35.5 Å². The van der Waals surface area contributed by atoms with Crippen LogP contribution in [0.25, 0.3) is 0 Å². The van der Waals surface area contributed by atoms with Gasteiger partial charge in [-0.3, -0.25) is 5.01 Å². The van der Waals surface area contributed by atoms with Crippen LogP contribution < -0.4 is 34.6 Å². The predicted octanol–water partition coefficient (Wildman–Crippen LogP) is 0.362. The minimum Gasteiger partial charge on any atom is -0.748 e. The van der Waals surface area contributed by atoms with Crippen LogP contribution in [-0.2, 0) is 21.5 Å². The summed E-state index contributed by atoms with van der Waals surface area (Å²) in [4.78, 5) is 11.7. The molecule has 2 heterocycles. The second-order valence-corrected chi connectivity index (χ2v) is 9.25. The molecular weight excluding hydrogens is 462 g/mol. The molecule has 2 aromatic rings. The maximum Gasteiger partial charge on any atom is 1.00 e. The van der Waals surface area contributed by atoms with Crippen LogP contribution in [0.1, 0.15) is 27.0 Å². The van der Waals surface area contributed by atoms with Gasteiger partial charge in [-0.1, -0.05) is 23.2 Å².